The Labute approximate surface area is 187 Å². The van der Waals surface area contributed by atoms with Crippen molar-refractivity contribution in [1.82, 2.24) is 10.2 Å². The summed E-state index contributed by atoms with van der Waals surface area (Å²) in [7, 11) is 0. The van der Waals surface area contributed by atoms with Gasteiger partial charge in [0, 0.05) is 41.7 Å². The van der Waals surface area contributed by atoms with Crippen LogP contribution in [0, 0.1) is 0 Å². The Balaban J connectivity index is 1.38. The maximum Gasteiger partial charge on any atom is 0.319 e. The summed E-state index contributed by atoms with van der Waals surface area (Å²) in [6, 6.07) is 13.2. The molecule has 4 rings (SSSR count). The molecule has 0 atom stereocenters. The molecule has 0 spiro atoms. The number of rotatable bonds is 6. The van der Waals surface area contributed by atoms with Crippen molar-refractivity contribution in [1.29, 1.82) is 0 Å². The third-order valence-corrected chi connectivity index (χ3v) is 6.59. The van der Waals surface area contributed by atoms with Crippen LogP contribution in [0.2, 0.25) is 0 Å². The van der Waals surface area contributed by atoms with Gasteiger partial charge in [0.05, 0.1) is 24.5 Å². The smallest absolute Gasteiger partial charge is 0.319 e. The largest absolute Gasteiger partial charge is 0.379 e. The van der Waals surface area contributed by atoms with Crippen LogP contribution >= 0.6 is 11.8 Å². The summed E-state index contributed by atoms with van der Waals surface area (Å²) in [5.74, 6) is -0.0194. The quantitative estimate of drug-likeness (QED) is 0.671. The van der Waals surface area contributed by atoms with Gasteiger partial charge in [0.2, 0.25) is 0 Å². The fraction of sp³-hybridized carbons (Fsp3) is 0.391. The Morgan fingerprint density at radius 2 is 1.94 bits per heavy atom. The molecule has 2 heterocycles. The molecule has 0 radical (unpaired) electrons. The number of morpholine rings is 1. The van der Waals surface area contributed by atoms with Crippen LogP contribution in [0.4, 0.5) is 16.2 Å². The Bertz CT molecular complexity index is 946. The third-order valence-electron chi connectivity index (χ3n) is 5.45. The normalized spacial score (nSPS) is 16.3. The summed E-state index contributed by atoms with van der Waals surface area (Å²) in [4.78, 5) is 31.5. The Kier molecular flexibility index (Phi) is 7.11. The SMILES string of the molecule is CCN1C(=O)c2ccccc2Sc2ccc(NC(=O)NCCCN3CCOCC3)cc21. The zero-order valence-electron chi connectivity index (χ0n) is 17.7. The van der Waals surface area contributed by atoms with Crippen molar-refractivity contribution in [2.75, 3.05) is 56.2 Å². The molecule has 7 nitrogen and oxygen atoms in total. The minimum absolute atomic E-state index is 0.0194. The molecule has 2 N–H and O–H groups in total. The van der Waals surface area contributed by atoms with E-state index in [-0.39, 0.29) is 11.9 Å². The second kappa shape index (κ2) is 10.2. The van der Waals surface area contributed by atoms with Gasteiger partial charge in [-0.15, -0.1) is 0 Å². The molecule has 8 heteroatoms. The number of nitrogens with zero attached hydrogens (tertiary/aromatic N) is 2. The van der Waals surface area contributed by atoms with E-state index in [1.54, 1.807) is 16.7 Å². The number of nitrogens with one attached hydrogen (secondary N) is 2. The molecular weight excluding hydrogens is 412 g/mol. The highest BCUT2D eigenvalue weighted by Gasteiger charge is 2.26. The first-order chi connectivity index (χ1) is 15.2. The highest BCUT2D eigenvalue weighted by molar-refractivity contribution is 7.99. The molecule has 164 valence electrons. The Morgan fingerprint density at radius 3 is 2.74 bits per heavy atom. The van der Waals surface area contributed by atoms with E-state index < -0.39 is 0 Å². The van der Waals surface area contributed by atoms with Crippen LogP contribution in [0.15, 0.2) is 52.3 Å². The van der Waals surface area contributed by atoms with Crippen LogP contribution in [0.25, 0.3) is 0 Å². The molecule has 0 saturated carbocycles. The molecule has 0 unspecified atom stereocenters. The van der Waals surface area contributed by atoms with Crippen LogP contribution < -0.4 is 15.5 Å². The lowest BCUT2D eigenvalue weighted by molar-refractivity contribution is 0.0375. The Morgan fingerprint density at radius 1 is 1.13 bits per heavy atom. The average molecular weight is 441 g/mol. The fourth-order valence-electron chi connectivity index (χ4n) is 3.82. The number of urea groups is 1. The number of carbonyl (C=O) groups excluding carboxylic acids is 2. The van der Waals surface area contributed by atoms with E-state index >= 15 is 0 Å². The topological polar surface area (TPSA) is 73.9 Å². The van der Waals surface area contributed by atoms with Crippen molar-refractivity contribution >= 4 is 35.1 Å². The van der Waals surface area contributed by atoms with E-state index in [1.165, 1.54) is 0 Å². The average Bonchev–Trinajstić information content (AvgIpc) is 2.91. The highest BCUT2D eigenvalue weighted by Crippen LogP contribution is 2.42. The minimum atomic E-state index is -0.235. The molecule has 1 fully saturated rings. The second-order valence-electron chi connectivity index (χ2n) is 7.52. The summed E-state index contributed by atoms with van der Waals surface area (Å²) < 4.78 is 5.35. The molecule has 3 amide bonds. The molecule has 0 aromatic heterocycles. The zero-order valence-corrected chi connectivity index (χ0v) is 18.5. The first-order valence-electron chi connectivity index (χ1n) is 10.7. The maximum atomic E-state index is 13.1. The highest BCUT2D eigenvalue weighted by atomic mass is 32.2. The van der Waals surface area contributed by atoms with Crippen LogP contribution in [0.1, 0.15) is 23.7 Å². The number of anilines is 2. The van der Waals surface area contributed by atoms with Gasteiger partial charge in [-0.05, 0) is 50.2 Å². The molecule has 0 aliphatic carbocycles. The lowest BCUT2D eigenvalue weighted by atomic mass is 10.1. The fourth-order valence-corrected chi connectivity index (χ4v) is 4.88. The van der Waals surface area contributed by atoms with Gasteiger partial charge in [0.15, 0.2) is 0 Å². The summed E-state index contributed by atoms with van der Waals surface area (Å²) in [6.07, 6.45) is 0.893. The molecule has 2 aromatic carbocycles. The first kappa shape index (κ1) is 21.7. The third kappa shape index (κ3) is 5.20. The molecule has 0 bridgehead atoms. The van der Waals surface area contributed by atoms with Gasteiger partial charge in [-0.25, -0.2) is 4.79 Å². The number of hydrogen-bond donors (Lipinski definition) is 2. The lowest BCUT2D eigenvalue weighted by Gasteiger charge is -2.26. The molecular formula is C23H28N4O3S. The maximum absolute atomic E-state index is 13.1. The summed E-state index contributed by atoms with van der Waals surface area (Å²) in [6.45, 7) is 7.55. The number of hydrogen-bond acceptors (Lipinski definition) is 5. The number of amides is 3. The Hall–Kier alpha value is -2.55. The van der Waals surface area contributed by atoms with Crippen molar-refractivity contribution in [3.8, 4) is 0 Å². The van der Waals surface area contributed by atoms with Gasteiger partial charge in [-0.2, -0.15) is 0 Å². The molecule has 2 aromatic rings. The first-order valence-corrected chi connectivity index (χ1v) is 11.5. The van der Waals surface area contributed by atoms with Crippen molar-refractivity contribution in [2.45, 2.75) is 23.1 Å². The molecule has 2 aliphatic heterocycles. The molecule has 2 aliphatic rings. The second-order valence-corrected chi connectivity index (χ2v) is 8.60. The summed E-state index contributed by atoms with van der Waals surface area (Å²) in [5.41, 5.74) is 2.19. The number of benzene rings is 2. The van der Waals surface area contributed by atoms with Crippen molar-refractivity contribution in [3.05, 3.63) is 48.0 Å². The van der Waals surface area contributed by atoms with Gasteiger partial charge in [0.1, 0.15) is 0 Å². The van der Waals surface area contributed by atoms with Gasteiger partial charge >= 0.3 is 6.03 Å². The van der Waals surface area contributed by atoms with Crippen LogP contribution in [0.3, 0.4) is 0 Å². The van der Waals surface area contributed by atoms with Crippen molar-refractivity contribution < 1.29 is 14.3 Å². The molecule has 31 heavy (non-hydrogen) atoms. The monoisotopic (exact) mass is 440 g/mol. The standard InChI is InChI=1S/C23H28N4O3S/c1-2-27-19-16-17(25-23(29)24-10-5-11-26-12-14-30-15-13-26)8-9-21(19)31-20-7-4-3-6-18(20)22(27)28/h3-4,6-9,16H,2,5,10-15H2,1H3,(H2,24,25,29). The van der Waals surface area contributed by atoms with Crippen LogP contribution in [-0.2, 0) is 4.74 Å². The van der Waals surface area contributed by atoms with Gasteiger partial charge in [0.25, 0.3) is 5.91 Å². The number of ether oxygens (including phenoxy) is 1. The van der Waals surface area contributed by atoms with E-state index in [0.717, 1.165) is 54.7 Å². The summed E-state index contributed by atoms with van der Waals surface area (Å²) in [5, 5.41) is 5.82. The number of carbonyl (C=O) groups is 2. The molecule has 1 saturated heterocycles. The van der Waals surface area contributed by atoms with Gasteiger partial charge in [-0.1, -0.05) is 23.9 Å². The van der Waals surface area contributed by atoms with Gasteiger partial charge in [-0.3, -0.25) is 9.69 Å². The lowest BCUT2D eigenvalue weighted by Crippen LogP contribution is -2.38. The van der Waals surface area contributed by atoms with E-state index in [1.807, 2.05) is 49.4 Å². The minimum Gasteiger partial charge on any atom is -0.379 e. The van der Waals surface area contributed by atoms with Crippen LogP contribution in [-0.4, -0.2) is 62.8 Å². The van der Waals surface area contributed by atoms with E-state index in [9.17, 15) is 9.59 Å². The van der Waals surface area contributed by atoms with E-state index in [0.29, 0.717) is 24.3 Å². The van der Waals surface area contributed by atoms with Crippen molar-refractivity contribution in [2.24, 2.45) is 0 Å². The predicted octanol–water partition coefficient (Wildman–Crippen LogP) is 3.66. The zero-order chi connectivity index (χ0) is 21.6. The van der Waals surface area contributed by atoms with Crippen LogP contribution in [0.5, 0.6) is 0 Å². The summed E-state index contributed by atoms with van der Waals surface area (Å²) >= 11 is 1.58. The van der Waals surface area contributed by atoms with E-state index in [4.69, 9.17) is 4.74 Å². The van der Waals surface area contributed by atoms with Crippen molar-refractivity contribution in [3.63, 3.8) is 0 Å². The van der Waals surface area contributed by atoms with E-state index in [2.05, 4.69) is 15.5 Å². The predicted molar refractivity (Wildman–Crippen MR) is 123 cm³/mol. The number of fused-ring (bicyclic) bond motifs is 2. The van der Waals surface area contributed by atoms with Gasteiger partial charge < -0.3 is 20.3 Å².